The maximum atomic E-state index is 6.52. The molecule has 1 N–H and O–H groups in total. The summed E-state index contributed by atoms with van der Waals surface area (Å²) in [7, 11) is 2.07. The van der Waals surface area contributed by atoms with E-state index in [2.05, 4.69) is 37.5 Å². The summed E-state index contributed by atoms with van der Waals surface area (Å²) in [5.74, 6) is 1.91. The van der Waals surface area contributed by atoms with Crippen molar-refractivity contribution < 1.29 is 4.74 Å². The van der Waals surface area contributed by atoms with Crippen LogP contribution < -0.4 is 10.1 Å². The highest BCUT2D eigenvalue weighted by Gasteiger charge is 2.27. The van der Waals surface area contributed by atoms with Gasteiger partial charge in [0.15, 0.2) is 0 Å². The predicted octanol–water partition coefficient (Wildman–Crippen LogP) is 4.63. The smallest absolute Gasteiger partial charge is 0.123 e. The van der Waals surface area contributed by atoms with Crippen LogP contribution in [0.25, 0.3) is 0 Å². The molecular weight excluding hydrogens is 258 g/mol. The molecule has 0 amide bonds. The maximum Gasteiger partial charge on any atom is 0.123 e. The van der Waals surface area contributed by atoms with Crippen molar-refractivity contribution in [2.75, 3.05) is 7.05 Å². The first kappa shape index (κ1) is 14.9. The monoisotopic (exact) mass is 287 g/mol. The standard InChI is InChI=1S/C19H29NO/c1-3-14-8-4-5-12-18(14)21-19-13-7-9-15-16(19)10-6-11-17(15)20-2/h7,9,13-14,17-18,20H,3-6,8,10-12H2,1-2H3. The van der Waals surface area contributed by atoms with Gasteiger partial charge in [0.1, 0.15) is 11.9 Å². The third-order valence-corrected chi connectivity index (χ3v) is 5.45. The molecule has 2 heteroatoms. The predicted molar refractivity (Wildman–Crippen MR) is 87.8 cm³/mol. The zero-order valence-electron chi connectivity index (χ0n) is 13.5. The van der Waals surface area contributed by atoms with E-state index in [1.54, 1.807) is 0 Å². The Morgan fingerprint density at radius 3 is 2.81 bits per heavy atom. The Kier molecular flexibility index (Phi) is 4.84. The molecular formula is C19H29NO. The van der Waals surface area contributed by atoms with Crippen LogP contribution in [0, 0.1) is 5.92 Å². The molecule has 2 aliphatic carbocycles. The molecule has 3 atom stereocenters. The molecule has 1 saturated carbocycles. The second-order valence-corrected chi connectivity index (χ2v) is 6.67. The summed E-state index contributed by atoms with van der Waals surface area (Å²) in [6.45, 7) is 2.31. The number of hydrogen-bond donors (Lipinski definition) is 1. The Labute approximate surface area is 129 Å². The summed E-state index contributed by atoms with van der Waals surface area (Å²) in [5, 5.41) is 3.46. The van der Waals surface area contributed by atoms with Gasteiger partial charge >= 0.3 is 0 Å². The molecule has 0 heterocycles. The quantitative estimate of drug-likeness (QED) is 0.871. The Hall–Kier alpha value is -1.02. The van der Waals surface area contributed by atoms with Crippen LogP contribution in [0.5, 0.6) is 5.75 Å². The number of rotatable bonds is 4. The van der Waals surface area contributed by atoms with Gasteiger partial charge in [-0.05, 0) is 75.1 Å². The van der Waals surface area contributed by atoms with E-state index in [1.165, 1.54) is 62.5 Å². The van der Waals surface area contributed by atoms with Crippen LogP contribution in [0.15, 0.2) is 18.2 Å². The molecule has 3 rings (SSSR count). The van der Waals surface area contributed by atoms with Crippen molar-refractivity contribution in [1.82, 2.24) is 5.32 Å². The molecule has 1 aromatic carbocycles. The zero-order valence-corrected chi connectivity index (χ0v) is 13.5. The first-order chi connectivity index (χ1) is 10.3. The minimum Gasteiger partial charge on any atom is -0.490 e. The van der Waals surface area contributed by atoms with E-state index in [9.17, 15) is 0 Å². The van der Waals surface area contributed by atoms with Gasteiger partial charge in [0.05, 0.1) is 0 Å². The number of benzene rings is 1. The lowest BCUT2D eigenvalue weighted by molar-refractivity contribution is 0.0890. The summed E-state index contributed by atoms with van der Waals surface area (Å²) in [5.41, 5.74) is 2.92. The third kappa shape index (κ3) is 3.11. The van der Waals surface area contributed by atoms with Crippen molar-refractivity contribution in [1.29, 1.82) is 0 Å². The van der Waals surface area contributed by atoms with Crippen molar-refractivity contribution in [2.24, 2.45) is 5.92 Å². The molecule has 0 radical (unpaired) electrons. The van der Waals surface area contributed by atoms with Crippen molar-refractivity contribution in [2.45, 2.75) is 70.4 Å². The van der Waals surface area contributed by atoms with E-state index in [0.29, 0.717) is 12.1 Å². The van der Waals surface area contributed by atoms with Gasteiger partial charge in [-0.15, -0.1) is 0 Å². The van der Waals surface area contributed by atoms with Crippen molar-refractivity contribution >= 4 is 0 Å². The molecule has 1 aromatic rings. The SMILES string of the molecule is CCC1CCCCC1Oc1cccc2c1CCCC2NC. The molecule has 2 nitrogen and oxygen atoms in total. The van der Waals surface area contributed by atoms with Gasteiger partial charge in [-0.1, -0.05) is 25.5 Å². The Morgan fingerprint density at radius 1 is 1.14 bits per heavy atom. The van der Waals surface area contributed by atoms with Gasteiger partial charge in [0.2, 0.25) is 0 Å². The lowest BCUT2D eigenvalue weighted by Crippen LogP contribution is -2.31. The Balaban J connectivity index is 1.82. The van der Waals surface area contributed by atoms with Gasteiger partial charge in [0.25, 0.3) is 0 Å². The van der Waals surface area contributed by atoms with E-state index in [1.807, 2.05) is 0 Å². The molecule has 0 saturated heterocycles. The number of nitrogens with one attached hydrogen (secondary N) is 1. The van der Waals surface area contributed by atoms with Crippen molar-refractivity contribution in [3.8, 4) is 5.75 Å². The Bertz CT molecular complexity index is 471. The highest BCUT2D eigenvalue weighted by atomic mass is 16.5. The molecule has 0 aliphatic heterocycles. The lowest BCUT2D eigenvalue weighted by atomic mass is 9.84. The topological polar surface area (TPSA) is 21.3 Å². The van der Waals surface area contributed by atoms with Crippen molar-refractivity contribution in [3.63, 3.8) is 0 Å². The van der Waals surface area contributed by atoms with E-state index in [4.69, 9.17) is 4.74 Å². The second-order valence-electron chi connectivity index (χ2n) is 6.67. The summed E-state index contributed by atoms with van der Waals surface area (Å²) in [6.07, 6.45) is 10.7. The molecule has 1 fully saturated rings. The summed E-state index contributed by atoms with van der Waals surface area (Å²) in [4.78, 5) is 0. The van der Waals surface area contributed by atoms with Crippen LogP contribution in [0.2, 0.25) is 0 Å². The van der Waals surface area contributed by atoms with Crippen LogP contribution in [0.3, 0.4) is 0 Å². The largest absolute Gasteiger partial charge is 0.490 e. The molecule has 0 bridgehead atoms. The van der Waals surface area contributed by atoms with Gasteiger partial charge in [-0.3, -0.25) is 0 Å². The van der Waals surface area contributed by atoms with E-state index in [0.717, 1.165) is 11.7 Å². The van der Waals surface area contributed by atoms with Crippen LogP contribution in [-0.2, 0) is 6.42 Å². The molecule has 0 aromatic heterocycles. The zero-order chi connectivity index (χ0) is 14.7. The average molecular weight is 287 g/mol. The van der Waals surface area contributed by atoms with Crippen LogP contribution in [0.1, 0.15) is 69.0 Å². The van der Waals surface area contributed by atoms with Gasteiger partial charge < -0.3 is 10.1 Å². The fourth-order valence-corrected chi connectivity index (χ4v) is 4.18. The minimum atomic E-state index is 0.435. The van der Waals surface area contributed by atoms with Gasteiger partial charge in [-0.2, -0.15) is 0 Å². The van der Waals surface area contributed by atoms with Crippen molar-refractivity contribution in [3.05, 3.63) is 29.3 Å². The summed E-state index contributed by atoms with van der Waals surface area (Å²) in [6, 6.07) is 7.15. The Morgan fingerprint density at radius 2 is 2.00 bits per heavy atom. The fourth-order valence-electron chi connectivity index (χ4n) is 4.18. The number of ether oxygens (including phenoxy) is 1. The van der Waals surface area contributed by atoms with Gasteiger partial charge in [0, 0.05) is 6.04 Å². The summed E-state index contributed by atoms with van der Waals surface area (Å²) >= 11 is 0. The molecule has 116 valence electrons. The van der Waals surface area contributed by atoms with Crippen LogP contribution in [0.4, 0.5) is 0 Å². The minimum absolute atomic E-state index is 0.435. The summed E-state index contributed by atoms with van der Waals surface area (Å²) < 4.78 is 6.52. The highest BCUT2D eigenvalue weighted by Crippen LogP contribution is 2.37. The maximum absolute atomic E-state index is 6.52. The average Bonchev–Trinajstić information content (AvgIpc) is 2.55. The van der Waals surface area contributed by atoms with E-state index >= 15 is 0 Å². The molecule has 21 heavy (non-hydrogen) atoms. The second kappa shape index (κ2) is 6.83. The van der Waals surface area contributed by atoms with Crippen LogP contribution in [-0.4, -0.2) is 13.2 Å². The number of hydrogen-bond acceptors (Lipinski definition) is 2. The first-order valence-corrected chi connectivity index (χ1v) is 8.79. The van der Waals surface area contributed by atoms with E-state index < -0.39 is 0 Å². The third-order valence-electron chi connectivity index (χ3n) is 5.45. The molecule has 0 spiro atoms. The highest BCUT2D eigenvalue weighted by molar-refractivity contribution is 5.43. The number of fused-ring (bicyclic) bond motifs is 1. The lowest BCUT2D eigenvalue weighted by Gasteiger charge is -2.33. The molecule has 3 unspecified atom stereocenters. The first-order valence-electron chi connectivity index (χ1n) is 8.79. The van der Waals surface area contributed by atoms with Gasteiger partial charge in [-0.25, -0.2) is 0 Å². The molecule has 2 aliphatic rings. The van der Waals surface area contributed by atoms with Crippen LogP contribution >= 0.6 is 0 Å². The fraction of sp³-hybridized carbons (Fsp3) is 0.684. The van der Waals surface area contributed by atoms with E-state index in [-0.39, 0.29) is 0 Å². The normalized spacial score (nSPS) is 29.0.